The molecule has 2 aromatic rings. The Morgan fingerprint density at radius 1 is 1.50 bits per heavy atom. The molecule has 0 atom stereocenters. The summed E-state index contributed by atoms with van der Waals surface area (Å²) in [5.74, 6) is 0. The number of hydrogen-bond donors (Lipinski definition) is 1. The summed E-state index contributed by atoms with van der Waals surface area (Å²) in [6, 6.07) is 1.98. The van der Waals surface area contributed by atoms with E-state index < -0.39 is 0 Å². The molecule has 2 aromatic heterocycles. The standard InChI is InChI=1S/C8H6BrClN2S2/c9-5-1-6(14-7(5)10)8-12-3-4(2-11)13-8/h1,3H,2,11H2. The lowest BCUT2D eigenvalue weighted by atomic mass is 10.5. The van der Waals surface area contributed by atoms with E-state index >= 15 is 0 Å². The van der Waals surface area contributed by atoms with Crippen LogP contribution in [0.4, 0.5) is 0 Å². The summed E-state index contributed by atoms with van der Waals surface area (Å²) in [6.07, 6.45) is 1.81. The molecule has 0 saturated carbocycles. The molecule has 0 fully saturated rings. The van der Waals surface area contributed by atoms with Gasteiger partial charge >= 0.3 is 0 Å². The van der Waals surface area contributed by atoms with Crippen LogP contribution in [0.3, 0.4) is 0 Å². The van der Waals surface area contributed by atoms with Crippen molar-refractivity contribution in [1.82, 2.24) is 4.98 Å². The van der Waals surface area contributed by atoms with Crippen molar-refractivity contribution >= 4 is 50.2 Å². The summed E-state index contributed by atoms with van der Waals surface area (Å²) in [4.78, 5) is 6.44. The molecule has 0 amide bonds. The molecular weight excluding hydrogens is 304 g/mol. The monoisotopic (exact) mass is 308 g/mol. The largest absolute Gasteiger partial charge is 0.326 e. The third kappa shape index (κ3) is 2.01. The summed E-state index contributed by atoms with van der Waals surface area (Å²) in [5, 5.41) is 0.975. The molecule has 0 saturated heterocycles. The van der Waals surface area contributed by atoms with Crippen LogP contribution >= 0.6 is 50.2 Å². The molecular formula is C8H6BrClN2S2. The normalized spacial score (nSPS) is 10.8. The maximum absolute atomic E-state index is 5.94. The van der Waals surface area contributed by atoms with Crippen LogP contribution in [-0.4, -0.2) is 4.98 Å². The second-order valence-electron chi connectivity index (χ2n) is 2.57. The molecule has 0 aliphatic carbocycles. The number of thiophene rings is 1. The highest BCUT2D eigenvalue weighted by atomic mass is 79.9. The first-order valence-corrected chi connectivity index (χ1v) is 6.61. The third-order valence-corrected chi connectivity index (χ3v) is 5.27. The first-order valence-electron chi connectivity index (χ1n) is 3.80. The van der Waals surface area contributed by atoms with E-state index in [1.807, 2.05) is 12.3 Å². The van der Waals surface area contributed by atoms with Gasteiger partial charge in [-0.15, -0.1) is 22.7 Å². The molecule has 0 unspecified atom stereocenters. The quantitative estimate of drug-likeness (QED) is 0.917. The van der Waals surface area contributed by atoms with Crippen LogP contribution in [0.5, 0.6) is 0 Å². The van der Waals surface area contributed by atoms with Crippen molar-refractivity contribution in [3.05, 3.63) is 25.9 Å². The van der Waals surface area contributed by atoms with Gasteiger partial charge in [0.25, 0.3) is 0 Å². The summed E-state index contributed by atoms with van der Waals surface area (Å²) >= 11 is 12.4. The van der Waals surface area contributed by atoms with E-state index in [4.69, 9.17) is 17.3 Å². The molecule has 2 nitrogen and oxygen atoms in total. The van der Waals surface area contributed by atoms with Crippen LogP contribution in [0, 0.1) is 0 Å². The Morgan fingerprint density at radius 2 is 2.29 bits per heavy atom. The van der Waals surface area contributed by atoms with E-state index in [-0.39, 0.29) is 0 Å². The van der Waals surface area contributed by atoms with E-state index in [0.29, 0.717) is 6.54 Å². The molecule has 0 aliphatic rings. The van der Waals surface area contributed by atoms with Crippen LogP contribution in [0.15, 0.2) is 16.7 Å². The highest BCUT2D eigenvalue weighted by Crippen LogP contribution is 2.39. The smallest absolute Gasteiger partial charge is 0.133 e. The van der Waals surface area contributed by atoms with Crippen molar-refractivity contribution in [2.24, 2.45) is 5.73 Å². The van der Waals surface area contributed by atoms with Crippen molar-refractivity contribution in [2.45, 2.75) is 6.54 Å². The SMILES string of the molecule is NCc1cnc(-c2cc(Br)c(Cl)s2)s1. The third-order valence-electron chi connectivity index (χ3n) is 1.61. The second kappa shape index (κ2) is 4.28. The van der Waals surface area contributed by atoms with Crippen molar-refractivity contribution in [3.8, 4) is 9.88 Å². The fraction of sp³-hybridized carbons (Fsp3) is 0.125. The van der Waals surface area contributed by atoms with Crippen LogP contribution in [0.25, 0.3) is 9.88 Å². The average Bonchev–Trinajstić information content (AvgIpc) is 2.74. The number of thiazole rings is 1. The fourth-order valence-corrected chi connectivity index (χ4v) is 3.51. The van der Waals surface area contributed by atoms with Crippen LogP contribution < -0.4 is 5.73 Å². The Morgan fingerprint density at radius 3 is 2.79 bits per heavy atom. The van der Waals surface area contributed by atoms with Gasteiger partial charge in [0.15, 0.2) is 0 Å². The number of rotatable bonds is 2. The summed E-state index contributed by atoms with van der Waals surface area (Å²) in [7, 11) is 0. The summed E-state index contributed by atoms with van der Waals surface area (Å²) in [6.45, 7) is 0.540. The number of halogens is 2. The number of aromatic nitrogens is 1. The van der Waals surface area contributed by atoms with E-state index in [9.17, 15) is 0 Å². The van der Waals surface area contributed by atoms with Crippen LogP contribution in [-0.2, 0) is 6.54 Å². The van der Waals surface area contributed by atoms with E-state index in [1.165, 1.54) is 11.3 Å². The average molecular weight is 310 g/mol. The zero-order valence-electron chi connectivity index (χ0n) is 6.96. The highest BCUT2D eigenvalue weighted by Gasteiger charge is 2.09. The Kier molecular flexibility index (Phi) is 3.23. The molecule has 0 spiro atoms. The van der Waals surface area contributed by atoms with Gasteiger partial charge in [-0.3, -0.25) is 0 Å². The lowest BCUT2D eigenvalue weighted by Crippen LogP contribution is -1.91. The lowest BCUT2D eigenvalue weighted by Gasteiger charge is -1.86. The molecule has 0 aromatic carbocycles. The zero-order chi connectivity index (χ0) is 10.1. The maximum atomic E-state index is 5.94. The van der Waals surface area contributed by atoms with Gasteiger partial charge < -0.3 is 5.73 Å². The van der Waals surface area contributed by atoms with Gasteiger partial charge in [-0.05, 0) is 22.0 Å². The Balaban J connectivity index is 2.39. The minimum atomic E-state index is 0.540. The van der Waals surface area contributed by atoms with Gasteiger partial charge in [-0.1, -0.05) is 11.6 Å². The van der Waals surface area contributed by atoms with E-state index in [2.05, 4.69) is 20.9 Å². The summed E-state index contributed by atoms with van der Waals surface area (Å²) in [5.41, 5.74) is 5.51. The molecule has 74 valence electrons. The molecule has 0 radical (unpaired) electrons. The first-order chi connectivity index (χ1) is 6.70. The van der Waals surface area contributed by atoms with Crippen LogP contribution in [0.1, 0.15) is 4.88 Å². The fourth-order valence-electron chi connectivity index (χ4n) is 0.968. The maximum Gasteiger partial charge on any atom is 0.133 e. The Hall–Kier alpha value is 0.0600. The lowest BCUT2D eigenvalue weighted by molar-refractivity contribution is 1.10. The summed E-state index contributed by atoms with van der Waals surface area (Å²) < 4.78 is 1.67. The Bertz CT molecular complexity index is 432. The van der Waals surface area contributed by atoms with Gasteiger partial charge in [0.2, 0.25) is 0 Å². The van der Waals surface area contributed by atoms with Crippen molar-refractivity contribution in [1.29, 1.82) is 0 Å². The number of hydrogen-bond acceptors (Lipinski definition) is 4. The predicted octanol–water partition coefficient (Wildman–Crippen LogP) is 3.75. The van der Waals surface area contributed by atoms with Crippen molar-refractivity contribution < 1.29 is 0 Å². The molecule has 2 rings (SSSR count). The molecule has 2 N–H and O–H groups in total. The van der Waals surface area contributed by atoms with E-state index in [0.717, 1.165) is 23.6 Å². The molecule has 14 heavy (non-hydrogen) atoms. The minimum absolute atomic E-state index is 0.540. The molecule has 6 heteroatoms. The molecule has 0 aliphatic heterocycles. The van der Waals surface area contributed by atoms with Gasteiger partial charge in [-0.25, -0.2) is 4.98 Å². The number of nitrogens with zero attached hydrogens (tertiary/aromatic N) is 1. The zero-order valence-corrected chi connectivity index (χ0v) is 10.9. The van der Waals surface area contributed by atoms with Crippen molar-refractivity contribution in [2.75, 3.05) is 0 Å². The van der Waals surface area contributed by atoms with Gasteiger partial charge in [-0.2, -0.15) is 0 Å². The molecule has 2 heterocycles. The predicted molar refractivity (Wildman–Crippen MR) is 66.0 cm³/mol. The highest BCUT2D eigenvalue weighted by molar-refractivity contribution is 9.10. The van der Waals surface area contributed by atoms with E-state index in [1.54, 1.807) is 11.3 Å². The first kappa shape index (κ1) is 10.6. The van der Waals surface area contributed by atoms with Gasteiger partial charge in [0.1, 0.15) is 9.34 Å². The second-order valence-corrected chi connectivity index (χ2v) is 6.19. The topological polar surface area (TPSA) is 38.9 Å². The number of nitrogens with two attached hydrogens (primary N) is 1. The van der Waals surface area contributed by atoms with Gasteiger partial charge in [0.05, 0.1) is 4.88 Å². The van der Waals surface area contributed by atoms with Crippen LogP contribution in [0.2, 0.25) is 4.34 Å². The van der Waals surface area contributed by atoms with Crippen molar-refractivity contribution in [3.63, 3.8) is 0 Å². The Labute approximate surface area is 103 Å². The molecule has 0 bridgehead atoms. The minimum Gasteiger partial charge on any atom is -0.326 e. The van der Waals surface area contributed by atoms with Gasteiger partial charge in [0, 0.05) is 22.1 Å².